The molecule has 1 aromatic carbocycles. The molecule has 9 heteroatoms. The maximum atomic E-state index is 11.7. The Balaban J connectivity index is 2.02. The number of H-pyrrole nitrogens is 1. The molecule has 0 saturated heterocycles. The van der Waals surface area contributed by atoms with Gasteiger partial charge in [-0.05, 0) is 19.1 Å². The maximum absolute atomic E-state index is 11.7. The summed E-state index contributed by atoms with van der Waals surface area (Å²) in [5, 5.41) is 27.0. The summed E-state index contributed by atoms with van der Waals surface area (Å²) in [5.41, 5.74) is 1.04. The van der Waals surface area contributed by atoms with Crippen molar-refractivity contribution < 1.29 is 14.7 Å². The first-order chi connectivity index (χ1) is 9.56. The van der Waals surface area contributed by atoms with Crippen LogP contribution >= 0.6 is 0 Å². The molecule has 0 spiro atoms. The van der Waals surface area contributed by atoms with Crippen LogP contribution in [0.15, 0.2) is 18.2 Å². The minimum Gasteiger partial charge on any atom is -0.478 e. The second-order valence-electron chi connectivity index (χ2n) is 3.99. The third kappa shape index (κ3) is 3.28. The zero-order valence-corrected chi connectivity index (χ0v) is 10.5. The van der Waals surface area contributed by atoms with Crippen molar-refractivity contribution in [2.24, 2.45) is 0 Å². The highest BCUT2D eigenvalue weighted by atomic mass is 16.4. The molecule has 0 unspecified atom stereocenters. The van der Waals surface area contributed by atoms with Crippen molar-refractivity contribution in [1.29, 1.82) is 0 Å². The van der Waals surface area contributed by atoms with Crippen LogP contribution in [0.5, 0.6) is 0 Å². The first-order valence-corrected chi connectivity index (χ1v) is 5.67. The Morgan fingerprint density at radius 3 is 2.85 bits per heavy atom. The van der Waals surface area contributed by atoms with Gasteiger partial charge in [0.1, 0.15) is 0 Å². The molecule has 0 atom stereocenters. The lowest BCUT2D eigenvalue weighted by atomic mass is 10.1. The number of amides is 2. The SMILES string of the molecule is Cc1ccc(NC(=O)NCc2nn[nH]n2)c(C(=O)O)c1. The molecule has 4 N–H and O–H groups in total. The number of carbonyl (C=O) groups is 2. The Morgan fingerprint density at radius 2 is 2.20 bits per heavy atom. The molecule has 0 fully saturated rings. The van der Waals surface area contributed by atoms with Crippen molar-refractivity contribution in [3.05, 3.63) is 35.2 Å². The Morgan fingerprint density at radius 1 is 1.40 bits per heavy atom. The summed E-state index contributed by atoms with van der Waals surface area (Å²) in [6, 6.07) is 4.17. The van der Waals surface area contributed by atoms with Crippen LogP contribution in [-0.2, 0) is 6.54 Å². The van der Waals surface area contributed by atoms with Crippen LogP contribution in [0.4, 0.5) is 10.5 Å². The van der Waals surface area contributed by atoms with Crippen molar-refractivity contribution in [3.8, 4) is 0 Å². The van der Waals surface area contributed by atoms with Crippen molar-refractivity contribution >= 4 is 17.7 Å². The lowest BCUT2D eigenvalue weighted by Crippen LogP contribution is -2.29. The molecule has 2 rings (SSSR count). The van der Waals surface area contributed by atoms with Gasteiger partial charge in [0, 0.05) is 0 Å². The molecule has 2 aromatic rings. The maximum Gasteiger partial charge on any atom is 0.337 e. The number of aryl methyl sites for hydroxylation is 1. The molecule has 0 aliphatic carbocycles. The van der Waals surface area contributed by atoms with Crippen LogP contribution in [0.2, 0.25) is 0 Å². The summed E-state index contributed by atoms with van der Waals surface area (Å²) in [6.45, 7) is 1.85. The minimum atomic E-state index is -1.11. The minimum absolute atomic E-state index is 0.0275. The number of hydrogen-bond donors (Lipinski definition) is 4. The van der Waals surface area contributed by atoms with E-state index in [1.165, 1.54) is 12.1 Å². The Kier molecular flexibility index (Phi) is 3.89. The molecular weight excluding hydrogens is 264 g/mol. The average Bonchev–Trinajstić information content (AvgIpc) is 2.91. The highest BCUT2D eigenvalue weighted by Crippen LogP contribution is 2.17. The first kappa shape index (κ1) is 13.5. The van der Waals surface area contributed by atoms with E-state index in [0.717, 1.165) is 5.56 Å². The number of carboxylic acid groups (broad SMARTS) is 1. The van der Waals surface area contributed by atoms with E-state index in [9.17, 15) is 9.59 Å². The number of carboxylic acids is 1. The van der Waals surface area contributed by atoms with E-state index in [4.69, 9.17) is 5.11 Å². The molecule has 0 radical (unpaired) electrons. The standard InChI is InChI=1S/C11H12N6O3/c1-6-2-3-8(7(4-6)10(18)19)13-11(20)12-5-9-14-16-17-15-9/h2-4H,5H2,1H3,(H,18,19)(H2,12,13,20)(H,14,15,16,17). The number of hydrogen-bond acceptors (Lipinski definition) is 5. The van der Waals surface area contributed by atoms with E-state index in [-0.39, 0.29) is 17.8 Å². The van der Waals surface area contributed by atoms with E-state index in [0.29, 0.717) is 5.82 Å². The molecule has 104 valence electrons. The normalized spacial score (nSPS) is 10.1. The second kappa shape index (κ2) is 5.78. The largest absolute Gasteiger partial charge is 0.478 e. The monoisotopic (exact) mass is 276 g/mol. The lowest BCUT2D eigenvalue weighted by molar-refractivity contribution is 0.0698. The lowest BCUT2D eigenvalue weighted by Gasteiger charge is -2.09. The molecule has 9 nitrogen and oxygen atoms in total. The molecule has 1 heterocycles. The molecule has 0 aliphatic rings. The number of aromatic amines is 1. The van der Waals surface area contributed by atoms with Crippen LogP contribution in [-0.4, -0.2) is 37.7 Å². The molecule has 0 bridgehead atoms. The van der Waals surface area contributed by atoms with Gasteiger partial charge in [-0.25, -0.2) is 9.59 Å². The van der Waals surface area contributed by atoms with Gasteiger partial charge >= 0.3 is 12.0 Å². The predicted octanol–water partition coefficient (Wildman–Crippen LogP) is 0.528. The third-order valence-corrected chi connectivity index (χ3v) is 2.45. The number of benzene rings is 1. The number of tetrazole rings is 1. The molecular formula is C11H12N6O3. The Bertz CT molecular complexity index is 625. The van der Waals surface area contributed by atoms with Gasteiger partial charge in [0.15, 0.2) is 5.82 Å². The zero-order valence-electron chi connectivity index (χ0n) is 10.5. The van der Waals surface area contributed by atoms with E-state index in [1.807, 2.05) is 0 Å². The number of anilines is 1. The Labute approximate surface area is 113 Å². The molecule has 0 aliphatic heterocycles. The number of aromatic carboxylic acids is 1. The number of nitrogens with zero attached hydrogens (tertiary/aromatic N) is 3. The fourth-order valence-electron chi connectivity index (χ4n) is 1.53. The summed E-state index contributed by atoms with van der Waals surface area (Å²) in [6.07, 6.45) is 0. The Hall–Kier alpha value is -2.97. The quantitative estimate of drug-likeness (QED) is 0.643. The predicted molar refractivity (Wildman–Crippen MR) is 68.2 cm³/mol. The van der Waals surface area contributed by atoms with E-state index in [2.05, 4.69) is 31.3 Å². The highest BCUT2D eigenvalue weighted by Gasteiger charge is 2.12. The van der Waals surface area contributed by atoms with E-state index >= 15 is 0 Å². The summed E-state index contributed by atoms with van der Waals surface area (Å²) < 4.78 is 0. The van der Waals surface area contributed by atoms with Crippen LogP contribution < -0.4 is 10.6 Å². The smallest absolute Gasteiger partial charge is 0.337 e. The summed E-state index contributed by atoms with van der Waals surface area (Å²) in [7, 11) is 0. The fraction of sp³-hybridized carbons (Fsp3) is 0.182. The highest BCUT2D eigenvalue weighted by molar-refractivity contribution is 6.00. The summed E-state index contributed by atoms with van der Waals surface area (Å²) in [5.74, 6) is -0.787. The van der Waals surface area contributed by atoms with Gasteiger partial charge in [-0.2, -0.15) is 5.21 Å². The molecule has 0 saturated carbocycles. The van der Waals surface area contributed by atoms with Crippen LogP contribution in [0.3, 0.4) is 0 Å². The van der Waals surface area contributed by atoms with Crippen LogP contribution in [0.1, 0.15) is 21.7 Å². The zero-order chi connectivity index (χ0) is 14.5. The average molecular weight is 276 g/mol. The van der Waals surface area contributed by atoms with Gasteiger partial charge < -0.3 is 15.7 Å². The third-order valence-electron chi connectivity index (χ3n) is 2.45. The van der Waals surface area contributed by atoms with E-state index in [1.54, 1.807) is 13.0 Å². The number of nitrogens with one attached hydrogen (secondary N) is 3. The van der Waals surface area contributed by atoms with Crippen molar-refractivity contribution in [3.63, 3.8) is 0 Å². The van der Waals surface area contributed by atoms with Crippen molar-refractivity contribution in [1.82, 2.24) is 25.9 Å². The van der Waals surface area contributed by atoms with Gasteiger partial charge in [0.2, 0.25) is 0 Å². The summed E-state index contributed by atoms with van der Waals surface area (Å²) in [4.78, 5) is 22.8. The van der Waals surface area contributed by atoms with E-state index < -0.39 is 12.0 Å². The van der Waals surface area contributed by atoms with Crippen molar-refractivity contribution in [2.75, 3.05) is 5.32 Å². The second-order valence-corrected chi connectivity index (χ2v) is 3.99. The fourth-order valence-corrected chi connectivity index (χ4v) is 1.53. The molecule has 1 aromatic heterocycles. The van der Waals surface area contributed by atoms with Gasteiger partial charge in [0.25, 0.3) is 0 Å². The van der Waals surface area contributed by atoms with Crippen LogP contribution in [0, 0.1) is 6.92 Å². The van der Waals surface area contributed by atoms with Gasteiger partial charge in [-0.3, -0.25) is 0 Å². The number of urea groups is 1. The van der Waals surface area contributed by atoms with Gasteiger partial charge in [0.05, 0.1) is 17.8 Å². The van der Waals surface area contributed by atoms with Crippen molar-refractivity contribution in [2.45, 2.75) is 13.5 Å². The number of rotatable bonds is 4. The number of carbonyl (C=O) groups excluding carboxylic acids is 1. The first-order valence-electron chi connectivity index (χ1n) is 5.67. The molecule has 20 heavy (non-hydrogen) atoms. The van der Waals surface area contributed by atoms with Crippen LogP contribution in [0.25, 0.3) is 0 Å². The number of aromatic nitrogens is 4. The summed E-state index contributed by atoms with van der Waals surface area (Å²) >= 11 is 0. The van der Waals surface area contributed by atoms with Gasteiger partial charge in [-0.1, -0.05) is 16.8 Å². The molecule has 2 amide bonds. The topological polar surface area (TPSA) is 133 Å². The van der Waals surface area contributed by atoms with Gasteiger partial charge in [-0.15, -0.1) is 10.2 Å².